The Kier molecular flexibility index (Phi) is 3.66. The van der Waals surface area contributed by atoms with E-state index in [2.05, 4.69) is 0 Å². The van der Waals surface area contributed by atoms with E-state index >= 15 is 0 Å². The number of benzene rings is 1. The number of nitrogens with zero attached hydrogens (tertiary/aromatic N) is 1. The largest absolute Gasteiger partial charge is 0.461 e. The summed E-state index contributed by atoms with van der Waals surface area (Å²) in [6.07, 6.45) is 1.77. The van der Waals surface area contributed by atoms with Crippen LogP contribution in [0.5, 0.6) is 0 Å². The zero-order valence-corrected chi connectivity index (χ0v) is 12.3. The van der Waals surface area contributed by atoms with Crippen LogP contribution in [0.3, 0.4) is 0 Å². The van der Waals surface area contributed by atoms with Crippen LogP contribution in [0.2, 0.25) is 0 Å². The molecule has 0 amide bonds. The summed E-state index contributed by atoms with van der Waals surface area (Å²) in [5.41, 5.74) is 1.21. The molecule has 0 fully saturated rings. The highest BCUT2D eigenvalue weighted by atomic mass is 16.5. The summed E-state index contributed by atoms with van der Waals surface area (Å²) in [5.74, 6) is -0.313. The van der Waals surface area contributed by atoms with Crippen LogP contribution in [0, 0.1) is 5.41 Å². The van der Waals surface area contributed by atoms with Gasteiger partial charge in [-0.15, -0.1) is 0 Å². The lowest BCUT2D eigenvalue weighted by Gasteiger charge is -2.17. The van der Waals surface area contributed by atoms with Crippen LogP contribution in [-0.4, -0.2) is 16.4 Å². The molecule has 0 N–H and O–H groups in total. The van der Waals surface area contributed by atoms with Gasteiger partial charge in [0.25, 0.3) is 0 Å². The molecule has 0 atom stereocenters. The number of hydrogen-bond donors (Lipinski definition) is 0. The van der Waals surface area contributed by atoms with Crippen LogP contribution in [-0.2, 0) is 16.1 Å². The summed E-state index contributed by atoms with van der Waals surface area (Å²) in [4.78, 5) is 23.4. The Hall–Kier alpha value is -2.10. The molecule has 20 heavy (non-hydrogen) atoms. The minimum absolute atomic E-state index is 0.0165. The van der Waals surface area contributed by atoms with E-state index in [1.54, 1.807) is 10.8 Å². The molecule has 1 aromatic heterocycles. The van der Waals surface area contributed by atoms with Gasteiger partial charge in [0.05, 0.1) is 5.52 Å². The molecule has 0 saturated heterocycles. The second-order valence-electron chi connectivity index (χ2n) is 5.88. The molecule has 0 aliphatic rings. The Bertz CT molecular complexity index is 662. The van der Waals surface area contributed by atoms with E-state index in [1.807, 2.05) is 45.0 Å². The molecule has 1 heterocycles. The molecule has 4 nitrogen and oxygen atoms in total. The van der Waals surface area contributed by atoms with Crippen LogP contribution in [0.25, 0.3) is 10.9 Å². The van der Waals surface area contributed by atoms with Gasteiger partial charge in [-0.2, -0.15) is 0 Å². The van der Waals surface area contributed by atoms with Crippen LogP contribution < -0.4 is 0 Å². The van der Waals surface area contributed by atoms with Gasteiger partial charge in [0.2, 0.25) is 5.91 Å². The number of carbonyl (C=O) groups excluding carboxylic acids is 2. The fourth-order valence-corrected chi connectivity index (χ4v) is 2.07. The van der Waals surface area contributed by atoms with E-state index in [4.69, 9.17) is 4.74 Å². The Morgan fingerprint density at radius 3 is 2.45 bits per heavy atom. The molecule has 2 rings (SSSR count). The fraction of sp³-hybridized carbons (Fsp3) is 0.375. The quantitative estimate of drug-likeness (QED) is 0.788. The van der Waals surface area contributed by atoms with Crippen molar-refractivity contribution in [1.82, 2.24) is 4.57 Å². The van der Waals surface area contributed by atoms with Gasteiger partial charge < -0.3 is 4.74 Å². The average Bonchev–Trinajstić information content (AvgIpc) is 2.73. The molecule has 0 aliphatic heterocycles. The molecule has 0 spiro atoms. The maximum absolute atomic E-state index is 12.5. The van der Waals surface area contributed by atoms with Crippen LogP contribution >= 0.6 is 0 Å². The van der Waals surface area contributed by atoms with Gasteiger partial charge in [-0.1, -0.05) is 39.0 Å². The van der Waals surface area contributed by atoms with Crippen molar-refractivity contribution in [3.05, 3.63) is 36.0 Å². The lowest BCUT2D eigenvalue weighted by molar-refractivity contribution is -0.142. The molecule has 0 aliphatic carbocycles. The third-order valence-electron chi connectivity index (χ3n) is 3.09. The van der Waals surface area contributed by atoms with Crippen molar-refractivity contribution in [2.24, 2.45) is 5.41 Å². The molecule has 106 valence electrons. The number of hydrogen-bond acceptors (Lipinski definition) is 3. The van der Waals surface area contributed by atoms with Gasteiger partial charge in [-0.3, -0.25) is 14.2 Å². The molecule has 1 aromatic carbocycles. The summed E-state index contributed by atoms with van der Waals surface area (Å²) in [7, 11) is 0. The second-order valence-corrected chi connectivity index (χ2v) is 5.88. The summed E-state index contributed by atoms with van der Waals surface area (Å²) >= 11 is 0. The van der Waals surface area contributed by atoms with Crippen molar-refractivity contribution in [1.29, 1.82) is 0 Å². The molecule has 0 bridgehead atoms. The monoisotopic (exact) mass is 273 g/mol. The van der Waals surface area contributed by atoms with E-state index in [-0.39, 0.29) is 18.5 Å². The van der Waals surface area contributed by atoms with Gasteiger partial charge in [0.15, 0.2) is 0 Å². The first kappa shape index (κ1) is 14.3. The second kappa shape index (κ2) is 5.12. The van der Waals surface area contributed by atoms with Crippen molar-refractivity contribution in [3.63, 3.8) is 0 Å². The Labute approximate surface area is 118 Å². The van der Waals surface area contributed by atoms with E-state index < -0.39 is 5.41 Å². The number of ether oxygens (including phenoxy) is 1. The van der Waals surface area contributed by atoms with Gasteiger partial charge in [0.1, 0.15) is 6.61 Å². The smallest absolute Gasteiger partial charge is 0.302 e. The first-order valence-corrected chi connectivity index (χ1v) is 6.58. The van der Waals surface area contributed by atoms with Gasteiger partial charge in [-0.25, -0.2) is 0 Å². The highest BCUT2D eigenvalue weighted by Gasteiger charge is 2.25. The number of esters is 1. The average molecular weight is 273 g/mol. The predicted molar refractivity (Wildman–Crippen MR) is 77.5 cm³/mol. The van der Waals surface area contributed by atoms with E-state index in [0.29, 0.717) is 0 Å². The molecular formula is C16H19NO3. The van der Waals surface area contributed by atoms with Crippen LogP contribution in [0.15, 0.2) is 30.5 Å². The lowest BCUT2D eigenvalue weighted by Crippen LogP contribution is -2.26. The van der Waals surface area contributed by atoms with Gasteiger partial charge in [-0.05, 0) is 6.07 Å². The zero-order valence-electron chi connectivity index (χ0n) is 12.3. The third kappa shape index (κ3) is 2.74. The number of carbonyl (C=O) groups is 2. The predicted octanol–water partition coefficient (Wildman–Crippen LogP) is 3.39. The Morgan fingerprint density at radius 2 is 1.85 bits per heavy atom. The lowest BCUT2D eigenvalue weighted by atomic mass is 9.95. The van der Waals surface area contributed by atoms with Crippen LogP contribution in [0.1, 0.15) is 38.1 Å². The third-order valence-corrected chi connectivity index (χ3v) is 3.09. The topological polar surface area (TPSA) is 48.3 Å². The van der Waals surface area contributed by atoms with Crippen molar-refractivity contribution in [2.75, 3.05) is 0 Å². The molecule has 0 saturated carbocycles. The Balaban J connectivity index is 2.51. The summed E-state index contributed by atoms with van der Waals surface area (Å²) in [6, 6.07) is 7.63. The molecule has 2 aromatic rings. The van der Waals surface area contributed by atoms with Crippen molar-refractivity contribution in [2.45, 2.75) is 34.3 Å². The van der Waals surface area contributed by atoms with Crippen molar-refractivity contribution in [3.8, 4) is 0 Å². The SMILES string of the molecule is CC(=O)OCc1cn(C(=O)C(C)(C)C)c2ccccc12. The maximum atomic E-state index is 12.5. The highest BCUT2D eigenvalue weighted by molar-refractivity contribution is 5.96. The van der Waals surface area contributed by atoms with E-state index in [1.165, 1.54) is 6.92 Å². The first-order valence-electron chi connectivity index (χ1n) is 6.58. The number of rotatable bonds is 2. The standard InChI is InChI=1S/C16H19NO3/c1-11(18)20-10-12-9-17(15(19)16(2,3)4)14-8-6-5-7-13(12)14/h5-9H,10H2,1-4H3. The minimum Gasteiger partial charge on any atom is -0.461 e. The highest BCUT2D eigenvalue weighted by Crippen LogP contribution is 2.26. The molecule has 4 heteroatoms. The fourth-order valence-electron chi connectivity index (χ4n) is 2.07. The molecule has 0 radical (unpaired) electrons. The Morgan fingerprint density at radius 1 is 1.20 bits per heavy atom. The van der Waals surface area contributed by atoms with Crippen molar-refractivity contribution < 1.29 is 14.3 Å². The minimum atomic E-state index is -0.472. The summed E-state index contributed by atoms with van der Waals surface area (Å²) in [6.45, 7) is 7.21. The maximum Gasteiger partial charge on any atom is 0.302 e. The van der Waals surface area contributed by atoms with Gasteiger partial charge >= 0.3 is 5.97 Å². The van der Waals surface area contributed by atoms with E-state index in [9.17, 15) is 9.59 Å². The molecular weight excluding hydrogens is 254 g/mol. The first-order chi connectivity index (χ1) is 9.30. The van der Waals surface area contributed by atoms with Crippen LogP contribution in [0.4, 0.5) is 0 Å². The number of para-hydroxylation sites is 1. The summed E-state index contributed by atoms with van der Waals surface area (Å²) < 4.78 is 6.70. The molecule has 0 unspecified atom stereocenters. The summed E-state index contributed by atoms with van der Waals surface area (Å²) in [5, 5.41) is 0.936. The van der Waals surface area contributed by atoms with Crippen molar-refractivity contribution >= 4 is 22.8 Å². The normalized spacial score (nSPS) is 11.6. The van der Waals surface area contributed by atoms with Gasteiger partial charge in [0, 0.05) is 29.5 Å². The number of fused-ring (bicyclic) bond motifs is 1. The number of aromatic nitrogens is 1. The zero-order chi connectivity index (χ0) is 14.9. The van der Waals surface area contributed by atoms with E-state index in [0.717, 1.165) is 16.5 Å².